The predicted molar refractivity (Wildman–Crippen MR) is 57.4 cm³/mol. The maximum Gasteiger partial charge on any atom is 0.573 e. The third kappa shape index (κ3) is 3.35. The van der Waals surface area contributed by atoms with Crippen LogP contribution in [0.15, 0.2) is 18.3 Å². The van der Waals surface area contributed by atoms with Gasteiger partial charge in [-0.05, 0) is 12.1 Å². The van der Waals surface area contributed by atoms with Gasteiger partial charge in [0.2, 0.25) is 0 Å². The third-order valence-electron chi connectivity index (χ3n) is 2.60. The fourth-order valence-corrected chi connectivity index (χ4v) is 1.74. The van der Waals surface area contributed by atoms with Crippen LogP contribution in [-0.4, -0.2) is 30.2 Å². The normalized spacial score (nSPS) is 16.8. The first-order valence-electron chi connectivity index (χ1n) is 5.42. The summed E-state index contributed by atoms with van der Waals surface area (Å²) in [5.41, 5.74) is 0. The number of nitrogens with zero attached hydrogens (tertiary/aromatic N) is 2. The van der Waals surface area contributed by atoms with Crippen molar-refractivity contribution in [3.63, 3.8) is 0 Å². The number of carbonyl (C=O) groups is 1. The lowest BCUT2D eigenvalue weighted by atomic mass is 10.1. The van der Waals surface area contributed by atoms with Gasteiger partial charge in [0.1, 0.15) is 17.4 Å². The van der Waals surface area contributed by atoms with Gasteiger partial charge in [0.05, 0.1) is 6.20 Å². The molecule has 98 valence electrons. The number of piperidine rings is 1. The number of aromatic nitrogens is 1. The molecule has 0 atom stereocenters. The van der Waals surface area contributed by atoms with Crippen LogP contribution >= 0.6 is 0 Å². The summed E-state index contributed by atoms with van der Waals surface area (Å²) in [4.78, 5) is 16.8. The molecule has 0 aromatic carbocycles. The molecule has 4 nitrogen and oxygen atoms in total. The first-order valence-corrected chi connectivity index (χ1v) is 5.42. The van der Waals surface area contributed by atoms with Crippen LogP contribution in [0, 0.1) is 0 Å². The molecular formula is C11H11F3N2O2. The van der Waals surface area contributed by atoms with E-state index in [-0.39, 0.29) is 11.5 Å². The molecule has 0 spiro atoms. The quantitative estimate of drug-likeness (QED) is 0.817. The minimum absolute atomic E-state index is 0.197. The lowest BCUT2D eigenvalue weighted by molar-refractivity contribution is -0.274. The zero-order valence-corrected chi connectivity index (χ0v) is 9.41. The second kappa shape index (κ2) is 4.83. The zero-order chi connectivity index (χ0) is 13.2. The number of ketones is 1. The van der Waals surface area contributed by atoms with Crippen molar-refractivity contribution in [2.75, 3.05) is 18.0 Å². The van der Waals surface area contributed by atoms with Gasteiger partial charge in [0.15, 0.2) is 0 Å². The molecule has 0 N–H and O–H groups in total. The minimum Gasteiger partial charge on any atom is -0.404 e. The summed E-state index contributed by atoms with van der Waals surface area (Å²) in [5.74, 6) is 0.402. The molecule has 1 fully saturated rings. The number of halogens is 3. The van der Waals surface area contributed by atoms with Gasteiger partial charge in [-0.25, -0.2) is 4.98 Å². The van der Waals surface area contributed by atoms with Gasteiger partial charge in [-0.1, -0.05) is 0 Å². The van der Waals surface area contributed by atoms with Crippen molar-refractivity contribution in [2.45, 2.75) is 19.2 Å². The molecule has 1 aliphatic heterocycles. The van der Waals surface area contributed by atoms with Crippen molar-refractivity contribution in [1.29, 1.82) is 0 Å². The van der Waals surface area contributed by atoms with E-state index in [1.807, 2.05) is 4.90 Å². The van der Waals surface area contributed by atoms with Crippen molar-refractivity contribution in [1.82, 2.24) is 4.98 Å². The molecule has 2 heterocycles. The Morgan fingerprint density at radius 2 is 1.89 bits per heavy atom. The van der Waals surface area contributed by atoms with Crippen molar-refractivity contribution in [3.05, 3.63) is 18.3 Å². The van der Waals surface area contributed by atoms with Gasteiger partial charge >= 0.3 is 6.36 Å². The highest BCUT2D eigenvalue weighted by Gasteiger charge is 2.31. The summed E-state index contributed by atoms with van der Waals surface area (Å²) in [6.45, 7) is 1.09. The number of anilines is 1. The Bertz CT molecular complexity index is 421. The van der Waals surface area contributed by atoms with Gasteiger partial charge in [-0.15, -0.1) is 13.2 Å². The number of rotatable bonds is 2. The van der Waals surface area contributed by atoms with Crippen LogP contribution in [0.25, 0.3) is 0 Å². The molecule has 1 saturated heterocycles. The van der Waals surface area contributed by atoms with E-state index in [0.717, 1.165) is 6.20 Å². The number of hydrogen-bond acceptors (Lipinski definition) is 4. The van der Waals surface area contributed by atoms with Gasteiger partial charge in [0.25, 0.3) is 0 Å². The van der Waals surface area contributed by atoms with Crippen LogP contribution in [0.1, 0.15) is 12.8 Å². The molecule has 2 rings (SSSR count). The maximum absolute atomic E-state index is 11.9. The van der Waals surface area contributed by atoms with Crippen LogP contribution in [-0.2, 0) is 4.79 Å². The Labute approximate surface area is 101 Å². The van der Waals surface area contributed by atoms with Crippen molar-refractivity contribution in [2.24, 2.45) is 0 Å². The molecular weight excluding hydrogens is 249 g/mol. The predicted octanol–water partition coefficient (Wildman–Crippen LogP) is 2.15. The number of hydrogen-bond donors (Lipinski definition) is 0. The standard InChI is InChI=1S/C11H11F3N2O2/c12-11(13,14)18-9-1-2-10(15-7-9)16-5-3-8(17)4-6-16/h1-2,7H,3-6H2. The number of pyridine rings is 1. The molecule has 0 bridgehead atoms. The second-order valence-electron chi connectivity index (χ2n) is 3.93. The topological polar surface area (TPSA) is 42.4 Å². The summed E-state index contributed by atoms with van der Waals surface area (Å²) in [7, 11) is 0. The Morgan fingerprint density at radius 3 is 2.39 bits per heavy atom. The lowest BCUT2D eigenvalue weighted by Crippen LogP contribution is -2.34. The highest BCUT2D eigenvalue weighted by molar-refractivity contribution is 5.80. The Balaban J connectivity index is 2.01. The van der Waals surface area contributed by atoms with Gasteiger partial charge in [-0.2, -0.15) is 0 Å². The van der Waals surface area contributed by atoms with E-state index in [1.165, 1.54) is 12.1 Å². The monoisotopic (exact) mass is 260 g/mol. The minimum atomic E-state index is -4.71. The summed E-state index contributed by atoms with van der Waals surface area (Å²) in [6.07, 6.45) is -2.79. The Hall–Kier alpha value is -1.79. The molecule has 1 aromatic heterocycles. The van der Waals surface area contributed by atoms with Gasteiger partial charge in [-0.3, -0.25) is 4.79 Å². The van der Waals surface area contributed by atoms with Crippen LogP contribution in [0.5, 0.6) is 5.75 Å². The lowest BCUT2D eigenvalue weighted by Gasteiger charge is -2.27. The molecule has 0 unspecified atom stereocenters. The summed E-state index contributed by atoms with van der Waals surface area (Å²) < 4.78 is 39.6. The van der Waals surface area contributed by atoms with Gasteiger partial charge in [0, 0.05) is 25.9 Å². The van der Waals surface area contributed by atoms with E-state index >= 15 is 0 Å². The molecule has 0 saturated carbocycles. The number of ether oxygens (including phenoxy) is 1. The fraction of sp³-hybridized carbons (Fsp3) is 0.455. The highest BCUT2D eigenvalue weighted by atomic mass is 19.4. The molecule has 1 aliphatic rings. The van der Waals surface area contributed by atoms with E-state index in [0.29, 0.717) is 31.7 Å². The molecule has 0 amide bonds. The number of alkyl halides is 3. The van der Waals surface area contributed by atoms with Crippen LogP contribution in [0.4, 0.5) is 19.0 Å². The SMILES string of the molecule is O=C1CCN(c2ccc(OC(F)(F)F)cn2)CC1. The fourth-order valence-electron chi connectivity index (χ4n) is 1.74. The average Bonchev–Trinajstić information content (AvgIpc) is 2.29. The van der Waals surface area contributed by atoms with E-state index in [1.54, 1.807) is 0 Å². The van der Waals surface area contributed by atoms with Crippen LogP contribution in [0.2, 0.25) is 0 Å². The van der Waals surface area contributed by atoms with Crippen molar-refractivity contribution >= 4 is 11.6 Å². The maximum atomic E-state index is 11.9. The molecule has 0 radical (unpaired) electrons. The number of carbonyl (C=O) groups excluding carboxylic acids is 1. The molecule has 7 heteroatoms. The van der Waals surface area contributed by atoms with Crippen LogP contribution in [0.3, 0.4) is 0 Å². The highest BCUT2D eigenvalue weighted by Crippen LogP contribution is 2.24. The first-order chi connectivity index (χ1) is 8.44. The first kappa shape index (κ1) is 12.7. The van der Waals surface area contributed by atoms with E-state index < -0.39 is 6.36 Å². The van der Waals surface area contributed by atoms with E-state index in [2.05, 4.69) is 9.72 Å². The summed E-state index contributed by atoms with van der Waals surface area (Å²) >= 11 is 0. The number of Topliss-reactive ketones (excluding diaryl/α,β-unsaturated/α-hetero) is 1. The summed E-state index contributed by atoms with van der Waals surface area (Å²) in [5, 5.41) is 0. The van der Waals surface area contributed by atoms with Gasteiger partial charge < -0.3 is 9.64 Å². The smallest absolute Gasteiger partial charge is 0.404 e. The Morgan fingerprint density at radius 1 is 1.22 bits per heavy atom. The second-order valence-corrected chi connectivity index (χ2v) is 3.93. The zero-order valence-electron chi connectivity index (χ0n) is 9.41. The molecule has 0 aliphatic carbocycles. The molecule has 1 aromatic rings. The van der Waals surface area contributed by atoms with E-state index in [4.69, 9.17) is 0 Å². The van der Waals surface area contributed by atoms with Crippen LogP contribution < -0.4 is 9.64 Å². The molecule has 18 heavy (non-hydrogen) atoms. The van der Waals surface area contributed by atoms with E-state index in [9.17, 15) is 18.0 Å². The van der Waals surface area contributed by atoms with Crippen molar-refractivity contribution < 1.29 is 22.7 Å². The Kier molecular flexibility index (Phi) is 3.40. The van der Waals surface area contributed by atoms with Crippen molar-refractivity contribution in [3.8, 4) is 5.75 Å². The summed E-state index contributed by atoms with van der Waals surface area (Å²) in [6, 6.07) is 2.67. The largest absolute Gasteiger partial charge is 0.573 e. The average molecular weight is 260 g/mol. The third-order valence-corrected chi connectivity index (χ3v) is 2.60.